The lowest BCUT2D eigenvalue weighted by Gasteiger charge is -1.98. The molecule has 0 aromatic heterocycles. The first-order valence-corrected chi connectivity index (χ1v) is 6.24. The Kier molecular flexibility index (Phi) is 3.97. The molecule has 0 bridgehead atoms. The maximum atomic E-state index is 5.32. The Morgan fingerprint density at radius 3 is 2.69 bits per heavy atom. The summed E-state index contributed by atoms with van der Waals surface area (Å²) in [6.07, 6.45) is 5.50. The van der Waals surface area contributed by atoms with Crippen molar-refractivity contribution in [2.45, 2.75) is 13.3 Å². The number of ether oxygens (including phenoxy) is 1. The van der Waals surface area contributed by atoms with Gasteiger partial charge in [0.25, 0.3) is 0 Å². The van der Waals surface area contributed by atoms with Crippen molar-refractivity contribution in [3.05, 3.63) is 51.5 Å². The third-order valence-electron chi connectivity index (χ3n) is 2.55. The molecule has 0 radical (unpaired) electrons. The fourth-order valence-electron chi connectivity index (χ4n) is 1.78. The zero-order valence-corrected chi connectivity index (χ0v) is 11.0. The van der Waals surface area contributed by atoms with E-state index in [4.69, 9.17) is 4.74 Å². The van der Waals surface area contributed by atoms with Crippen LogP contribution in [0, 0.1) is 0 Å². The first kappa shape index (κ1) is 11.6. The van der Waals surface area contributed by atoms with E-state index in [2.05, 4.69) is 59.3 Å². The molecule has 1 heterocycles. The fraction of sp³-hybridized carbons (Fsp3) is 0.286. The van der Waals surface area contributed by atoms with Gasteiger partial charge < -0.3 is 4.74 Å². The molecule has 0 unspecified atom stereocenters. The molecule has 0 atom stereocenters. The topological polar surface area (TPSA) is 9.23 Å². The quantitative estimate of drug-likeness (QED) is 0.788. The van der Waals surface area contributed by atoms with E-state index < -0.39 is 0 Å². The van der Waals surface area contributed by atoms with Crippen molar-refractivity contribution in [2.24, 2.45) is 0 Å². The Labute approximate surface area is 105 Å². The molecule has 1 aliphatic rings. The molecule has 2 heteroatoms. The summed E-state index contributed by atoms with van der Waals surface area (Å²) >= 11 is 3.43. The molecule has 1 aliphatic heterocycles. The Balaban J connectivity index is 2.11. The van der Waals surface area contributed by atoms with Crippen LogP contribution in [-0.2, 0) is 4.74 Å². The van der Waals surface area contributed by atoms with Gasteiger partial charge in [0.1, 0.15) is 0 Å². The van der Waals surface area contributed by atoms with Gasteiger partial charge in [-0.3, -0.25) is 0 Å². The second-order valence-electron chi connectivity index (χ2n) is 4.05. The van der Waals surface area contributed by atoms with E-state index in [1.807, 2.05) is 0 Å². The summed E-state index contributed by atoms with van der Waals surface area (Å²) in [7, 11) is 0. The summed E-state index contributed by atoms with van der Waals surface area (Å²) in [5.74, 6) is 0. The zero-order chi connectivity index (χ0) is 11.4. The van der Waals surface area contributed by atoms with Crippen molar-refractivity contribution in [3.8, 4) is 0 Å². The summed E-state index contributed by atoms with van der Waals surface area (Å²) in [6.45, 7) is 3.80. The summed E-state index contributed by atoms with van der Waals surface area (Å²) in [6, 6.07) is 8.34. The van der Waals surface area contributed by atoms with Crippen LogP contribution in [0.3, 0.4) is 0 Å². The maximum absolute atomic E-state index is 5.32. The normalized spacial score (nSPS) is 19.4. The number of halogens is 1. The molecule has 2 rings (SSSR count). The molecule has 0 spiro atoms. The van der Waals surface area contributed by atoms with Gasteiger partial charge in [0.05, 0.1) is 13.2 Å². The van der Waals surface area contributed by atoms with Gasteiger partial charge in [-0.1, -0.05) is 45.8 Å². The van der Waals surface area contributed by atoms with Crippen LogP contribution in [0.2, 0.25) is 0 Å². The number of allylic oxidation sites excluding steroid dienone is 2. The van der Waals surface area contributed by atoms with Crippen molar-refractivity contribution in [1.29, 1.82) is 0 Å². The molecule has 1 aromatic rings. The van der Waals surface area contributed by atoms with Crippen molar-refractivity contribution in [3.63, 3.8) is 0 Å². The lowest BCUT2D eigenvalue weighted by molar-refractivity contribution is 0.204. The molecule has 1 saturated heterocycles. The van der Waals surface area contributed by atoms with Crippen LogP contribution >= 0.6 is 15.9 Å². The van der Waals surface area contributed by atoms with Crippen molar-refractivity contribution >= 4 is 22.0 Å². The van der Waals surface area contributed by atoms with E-state index in [-0.39, 0.29) is 0 Å². The van der Waals surface area contributed by atoms with Crippen molar-refractivity contribution in [2.75, 3.05) is 13.2 Å². The van der Waals surface area contributed by atoms with Crippen LogP contribution in [0.1, 0.15) is 18.9 Å². The maximum Gasteiger partial charge on any atom is 0.0680 e. The second kappa shape index (κ2) is 5.46. The van der Waals surface area contributed by atoms with Crippen LogP contribution in [0.15, 0.2) is 46.0 Å². The molecule has 16 heavy (non-hydrogen) atoms. The highest BCUT2D eigenvalue weighted by Gasteiger charge is 2.05. The predicted molar refractivity (Wildman–Crippen MR) is 71.3 cm³/mol. The number of rotatable bonds is 2. The van der Waals surface area contributed by atoms with E-state index in [0.29, 0.717) is 0 Å². The van der Waals surface area contributed by atoms with Gasteiger partial charge in [-0.2, -0.15) is 0 Å². The molecular formula is C14H15BrO. The molecule has 1 aromatic carbocycles. The third kappa shape index (κ3) is 3.32. The van der Waals surface area contributed by atoms with Crippen molar-refractivity contribution < 1.29 is 4.74 Å². The van der Waals surface area contributed by atoms with Gasteiger partial charge >= 0.3 is 0 Å². The lowest BCUT2D eigenvalue weighted by Crippen LogP contribution is -1.82. The van der Waals surface area contributed by atoms with Gasteiger partial charge in [0, 0.05) is 4.47 Å². The van der Waals surface area contributed by atoms with E-state index >= 15 is 0 Å². The van der Waals surface area contributed by atoms with Gasteiger partial charge in [0.15, 0.2) is 0 Å². The lowest BCUT2D eigenvalue weighted by atomic mass is 10.1. The summed E-state index contributed by atoms with van der Waals surface area (Å²) < 4.78 is 6.44. The molecular weight excluding hydrogens is 264 g/mol. The van der Waals surface area contributed by atoms with E-state index in [0.717, 1.165) is 24.1 Å². The van der Waals surface area contributed by atoms with Crippen LogP contribution in [-0.4, -0.2) is 13.2 Å². The molecule has 1 fully saturated rings. The molecule has 84 valence electrons. The van der Waals surface area contributed by atoms with Crippen LogP contribution in [0.4, 0.5) is 0 Å². The summed E-state index contributed by atoms with van der Waals surface area (Å²) in [5, 5.41) is 0. The largest absolute Gasteiger partial charge is 0.377 e. The SMILES string of the molecule is CC(/C=C1/CCOC1)=C\c1ccc(Br)cc1. The number of benzene rings is 1. The molecule has 0 aliphatic carbocycles. The monoisotopic (exact) mass is 278 g/mol. The average molecular weight is 279 g/mol. The minimum atomic E-state index is 0.797. The Hall–Kier alpha value is -0.860. The van der Waals surface area contributed by atoms with Crippen molar-refractivity contribution in [1.82, 2.24) is 0 Å². The standard InChI is InChI=1S/C14H15BrO/c1-11(9-13-6-7-16-10-13)8-12-2-4-14(15)5-3-12/h2-5,8-9H,6-7,10H2,1H3/b11-8+,13-9-. The van der Waals surface area contributed by atoms with Gasteiger partial charge in [0.2, 0.25) is 0 Å². The highest BCUT2D eigenvalue weighted by molar-refractivity contribution is 9.10. The van der Waals surface area contributed by atoms with E-state index in [9.17, 15) is 0 Å². The molecule has 0 amide bonds. The van der Waals surface area contributed by atoms with E-state index in [1.165, 1.54) is 16.7 Å². The second-order valence-corrected chi connectivity index (χ2v) is 4.96. The summed E-state index contributed by atoms with van der Waals surface area (Å²) in [5.41, 5.74) is 3.91. The summed E-state index contributed by atoms with van der Waals surface area (Å²) in [4.78, 5) is 0. The molecule has 1 nitrogen and oxygen atoms in total. The smallest absolute Gasteiger partial charge is 0.0680 e. The van der Waals surface area contributed by atoms with Gasteiger partial charge in [-0.15, -0.1) is 0 Å². The number of hydrogen-bond donors (Lipinski definition) is 0. The molecule has 0 saturated carbocycles. The predicted octanol–water partition coefficient (Wildman–Crippen LogP) is 4.20. The Morgan fingerprint density at radius 1 is 1.31 bits per heavy atom. The van der Waals surface area contributed by atoms with Gasteiger partial charge in [-0.25, -0.2) is 0 Å². The van der Waals surface area contributed by atoms with Crippen LogP contribution in [0.5, 0.6) is 0 Å². The van der Waals surface area contributed by atoms with Gasteiger partial charge in [-0.05, 0) is 36.6 Å². The first-order valence-electron chi connectivity index (χ1n) is 5.45. The fourth-order valence-corrected chi connectivity index (χ4v) is 2.04. The Morgan fingerprint density at radius 2 is 2.06 bits per heavy atom. The minimum Gasteiger partial charge on any atom is -0.377 e. The number of hydrogen-bond acceptors (Lipinski definition) is 1. The first-order chi connectivity index (χ1) is 7.74. The Bertz CT molecular complexity index is 407. The zero-order valence-electron chi connectivity index (χ0n) is 9.37. The van der Waals surface area contributed by atoms with Crippen LogP contribution < -0.4 is 0 Å². The highest BCUT2D eigenvalue weighted by Crippen LogP contribution is 2.17. The highest BCUT2D eigenvalue weighted by atomic mass is 79.9. The molecule has 0 N–H and O–H groups in total. The van der Waals surface area contributed by atoms with Crippen LogP contribution in [0.25, 0.3) is 6.08 Å². The third-order valence-corrected chi connectivity index (χ3v) is 3.08. The average Bonchev–Trinajstić information content (AvgIpc) is 2.74. The minimum absolute atomic E-state index is 0.797. The van der Waals surface area contributed by atoms with E-state index in [1.54, 1.807) is 0 Å².